The van der Waals surface area contributed by atoms with E-state index in [1.54, 1.807) is 28.8 Å². The maximum atomic E-state index is 14.3. The largest absolute Gasteiger partial charge is 0.338 e. The fourth-order valence-electron chi connectivity index (χ4n) is 3.39. The van der Waals surface area contributed by atoms with E-state index in [-0.39, 0.29) is 42.7 Å². The number of fused-ring (bicyclic) bond motifs is 1. The smallest absolute Gasteiger partial charge is 0.274 e. The summed E-state index contributed by atoms with van der Waals surface area (Å²) in [5.41, 5.74) is 1.16. The number of nitrogens with zero attached hydrogens (tertiary/aromatic N) is 5. The number of aromatic nitrogens is 4. The Morgan fingerprint density at radius 2 is 2.06 bits per heavy atom. The molecule has 4 heterocycles. The van der Waals surface area contributed by atoms with Crippen molar-refractivity contribution in [3.8, 4) is 11.4 Å². The highest BCUT2D eigenvalue weighted by Gasteiger charge is 2.44. The molecule has 1 aliphatic rings. The zero-order valence-corrected chi connectivity index (χ0v) is 15.9. The number of alkyl halides is 2. The van der Waals surface area contributed by atoms with E-state index in [0.717, 1.165) is 0 Å². The summed E-state index contributed by atoms with van der Waals surface area (Å²) >= 11 is 0. The first-order chi connectivity index (χ1) is 14.9. The van der Waals surface area contributed by atoms with Crippen molar-refractivity contribution in [3.63, 3.8) is 0 Å². The maximum absolute atomic E-state index is 14.3. The molecule has 1 amide bonds. The maximum Gasteiger partial charge on any atom is 0.274 e. The number of halogens is 3. The Kier molecular flexibility index (Phi) is 4.47. The monoisotopic (exact) mass is 428 g/mol. The number of rotatable bonds is 5. The Labute approximate surface area is 173 Å². The van der Waals surface area contributed by atoms with Gasteiger partial charge >= 0.3 is 0 Å². The summed E-state index contributed by atoms with van der Waals surface area (Å²) < 4.78 is 46.9. The van der Waals surface area contributed by atoms with Crippen LogP contribution in [0, 0.1) is 5.82 Å². The highest BCUT2D eigenvalue weighted by atomic mass is 19.3. The van der Waals surface area contributed by atoms with Gasteiger partial charge in [0, 0.05) is 11.8 Å². The molecular weight excluding hydrogens is 413 g/mol. The molecule has 0 unspecified atom stereocenters. The third-order valence-electron chi connectivity index (χ3n) is 4.86. The van der Waals surface area contributed by atoms with Crippen LogP contribution in [-0.4, -0.2) is 49.3 Å². The van der Waals surface area contributed by atoms with Gasteiger partial charge in [-0.1, -0.05) is 11.2 Å². The Morgan fingerprint density at radius 3 is 2.87 bits per heavy atom. The van der Waals surface area contributed by atoms with E-state index < -0.39 is 17.6 Å². The first-order valence-electron chi connectivity index (χ1n) is 9.34. The van der Waals surface area contributed by atoms with Gasteiger partial charge in [-0.15, -0.1) is 0 Å². The highest BCUT2D eigenvalue weighted by molar-refractivity contribution is 6.03. The first kappa shape index (κ1) is 19.2. The normalized spacial score (nSPS) is 15.7. The topological polar surface area (TPSA) is 88.6 Å². The van der Waals surface area contributed by atoms with Crippen molar-refractivity contribution in [2.75, 3.05) is 18.4 Å². The molecule has 11 heteroatoms. The molecule has 1 aromatic carbocycles. The summed E-state index contributed by atoms with van der Waals surface area (Å²) in [5, 5.41) is 6.35. The summed E-state index contributed by atoms with van der Waals surface area (Å²) in [7, 11) is 0. The molecule has 0 aliphatic carbocycles. The number of nitrogens with one attached hydrogen (secondary N) is 1. The van der Waals surface area contributed by atoms with Crippen LogP contribution in [0.25, 0.3) is 17.0 Å². The SMILES string of the molecule is O=C(Nc1cc(-c2noc(CN3CC(F)(F)C3)n2)ccc1F)c1cnc2ccccn12. The molecule has 1 saturated heterocycles. The van der Waals surface area contributed by atoms with Crippen LogP contribution < -0.4 is 5.32 Å². The predicted molar refractivity (Wildman–Crippen MR) is 103 cm³/mol. The molecule has 5 rings (SSSR count). The minimum absolute atomic E-state index is 0.0675. The number of hydrogen-bond donors (Lipinski definition) is 1. The summed E-state index contributed by atoms with van der Waals surface area (Å²) in [6.07, 6.45) is 3.08. The van der Waals surface area contributed by atoms with E-state index in [2.05, 4.69) is 20.4 Å². The van der Waals surface area contributed by atoms with Crippen molar-refractivity contribution in [1.29, 1.82) is 0 Å². The zero-order chi connectivity index (χ0) is 21.6. The lowest BCUT2D eigenvalue weighted by atomic mass is 10.1. The molecule has 0 saturated carbocycles. The molecular formula is C20H15F3N6O2. The average molecular weight is 428 g/mol. The lowest BCUT2D eigenvalue weighted by molar-refractivity contribution is -0.136. The summed E-state index contributed by atoms with van der Waals surface area (Å²) in [6.45, 7) is -0.622. The summed E-state index contributed by atoms with van der Waals surface area (Å²) in [6, 6.07) is 9.27. The molecule has 0 spiro atoms. The van der Waals surface area contributed by atoms with Gasteiger partial charge < -0.3 is 9.84 Å². The number of pyridine rings is 1. The van der Waals surface area contributed by atoms with Gasteiger partial charge in [0.2, 0.25) is 11.7 Å². The van der Waals surface area contributed by atoms with E-state index in [0.29, 0.717) is 11.2 Å². The third-order valence-corrected chi connectivity index (χ3v) is 4.86. The van der Waals surface area contributed by atoms with E-state index in [4.69, 9.17) is 4.52 Å². The van der Waals surface area contributed by atoms with Crippen LogP contribution in [-0.2, 0) is 6.54 Å². The number of anilines is 1. The van der Waals surface area contributed by atoms with Crippen molar-refractivity contribution in [1.82, 2.24) is 24.4 Å². The van der Waals surface area contributed by atoms with E-state index in [1.165, 1.54) is 29.3 Å². The average Bonchev–Trinajstić information content (AvgIpc) is 3.35. The number of hydrogen-bond acceptors (Lipinski definition) is 6. The quantitative estimate of drug-likeness (QED) is 0.525. The van der Waals surface area contributed by atoms with Crippen molar-refractivity contribution in [2.45, 2.75) is 12.5 Å². The zero-order valence-electron chi connectivity index (χ0n) is 15.9. The molecule has 4 aromatic rings. The van der Waals surface area contributed by atoms with Crippen LogP contribution in [0.3, 0.4) is 0 Å². The number of amides is 1. The Bertz CT molecular complexity index is 1280. The standard InChI is InChI=1S/C20H15F3N6O2/c21-13-5-4-12(18-26-17(31-27-18)9-28-10-20(22,23)11-28)7-14(13)25-19(30)15-8-24-16-3-1-2-6-29(15)16/h1-8H,9-11H2,(H,25,30). The minimum atomic E-state index is -2.69. The number of imidazole rings is 1. The molecule has 31 heavy (non-hydrogen) atoms. The van der Waals surface area contributed by atoms with Crippen molar-refractivity contribution in [2.24, 2.45) is 0 Å². The fraction of sp³-hybridized carbons (Fsp3) is 0.200. The minimum Gasteiger partial charge on any atom is -0.338 e. The number of benzene rings is 1. The van der Waals surface area contributed by atoms with E-state index in [1.807, 2.05) is 0 Å². The third kappa shape index (κ3) is 3.75. The van der Waals surface area contributed by atoms with Crippen LogP contribution in [0.15, 0.2) is 53.3 Å². The molecule has 1 aliphatic heterocycles. The summed E-state index contributed by atoms with van der Waals surface area (Å²) in [5.74, 6) is -3.54. The molecule has 0 radical (unpaired) electrons. The van der Waals surface area contributed by atoms with Crippen LogP contribution in [0.1, 0.15) is 16.4 Å². The van der Waals surface area contributed by atoms with Crippen molar-refractivity contribution < 1.29 is 22.5 Å². The number of likely N-dealkylation sites (tertiary alicyclic amines) is 1. The van der Waals surface area contributed by atoms with Gasteiger partial charge in [0.25, 0.3) is 11.8 Å². The molecule has 1 fully saturated rings. The lowest BCUT2D eigenvalue weighted by Gasteiger charge is -2.37. The molecule has 158 valence electrons. The molecule has 0 atom stereocenters. The van der Waals surface area contributed by atoms with Gasteiger partial charge in [-0.2, -0.15) is 4.98 Å². The first-order valence-corrected chi connectivity index (χ1v) is 9.34. The van der Waals surface area contributed by atoms with Gasteiger partial charge in [-0.3, -0.25) is 14.1 Å². The van der Waals surface area contributed by atoms with Gasteiger partial charge in [-0.05, 0) is 30.3 Å². The second-order valence-corrected chi connectivity index (χ2v) is 7.23. The Balaban J connectivity index is 1.34. The Hall–Kier alpha value is -3.73. The van der Waals surface area contributed by atoms with E-state index in [9.17, 15) is 18.0 Å². The predicted octanol–water partition coefficient (Wildman–Crippen LogP) is 3.23. The fourth-order valence-corrected chi connectivity index (χ4v) is 3.39. The molecule has 1 N–H and O–H groups in total. The van der Waals surface area contributed by atoms with Gasteiger partial charge in [0.1, 0.15) is 17.2 Å². The number of carbonyl (C=O) groups excluding carboxylic acids is 1. The van der Waals surface area contributed by atoms with Crippen LogP contribution in [0.5, 0.6) is 0 Å². The van der Waals surface area contributed by atoms with Gasteiger partial charge in [0.05, 0.1) is 31.5 Å². The van der Waals surface area contributed by atoms with Crippen LogP contribution in [0.4, 0.5) is 18.9 Å². The lowest BCUT2D eigenvalue weighted by Crippen LogP contribution is -2.55. The highest BCUT2D eigenvalue weighted by Crippen LogP contribution is 2.28. The van der Waals surface area contributed by atoms with Crippen LogP contribution >= 0.6 is 0 Å². The van der Waals surface area contributed by atoms with Crippen molar-refractivity contribution >= 4 is 17.2 Å². The van der Waals surface area contributed by atoms with E-state index >= 15 is 0 Å². The number of carbonyl (C=O) groups is 1. The van der Waals surface area contributed by atoms with Gasteiger partial charge in [0.15, 0.2) is 0 Å². The van der Waals surface area contributed by atoms with Crippen molar-refractivity contribution in [3.05, 3.63) is 66.2 Å². The Morgan fingerprint density at radius 1 is 1.23 bits per heavy atom. The van der Waals surface area contributed by atoms with Gasteiger partial charge in [-0.25, -0.2) is 18.2 Å². The summed E-state index contributed by atoms with van der Waals surface area (Å²) in [4.78, 5) is 22.4. The van der Waals surface area contributed by atoms with Crippen LogP contribution in [0.2, 0.25) is 0 Å². The second kappa shape index (κ2) is 7.20. The molecule has 0 bridgehead atoms. The second-order valence-electron chi connectivity index (χ2n) is 7.23. The molecule has 3 aromatic heterocycles. The molecule has 8 nitrogen and oxygen atoms in total.